The number of fused-ring (bicyclic) bond motifs is 1. The summed E-state index contributed by atoms with van der Waals surface area (Å²) in [6.45, 7) is 8.78. The smallest absolute Gasteiger partial charge is 0.219 e. The molecule has 0 radical (unpaired) electrons. The van der Waals surface area contributed by atoms with E-state index in [4.69, 9.17) is 9.72 Å². The number of nitrogens with one attached hydrogen (secondary N) is 1. The van der Waals surface area contributed by atoms with E-state index in [0.29, 0.717) is 18.9 Å². The summed E-state index contributed by atoms with van der Waals surface area (Å²) in [6, 6.07) is 16.8. The number of aromatic nitrogens is 2. The second-order valence-corrected chi connectivity index (χ2v) is 9.00. The highest BCUT2D eigenvalue weighted by Crippen LogP contribution is 2.20. The average molecular weight is 450 g/mol. The third kappa shape index (κ3) is 7.62. The molecular formula is C28H39N3O2. The molecule has 5 nitrogen and oxygen atoms in total. The number of imidazole rings is 1. The Hall–Kier alpha value is -2.82. The Morgan fingerprint density at radius 2 is 1.82 bits per heavy atom. The van der Waals surface area contributed by atoms with Gasteiger partial charge in [-0.2, -0.15) is 0 Å². The van der Waals surface area contributed by atoms with Crippen molar-refractivity contribution in [2.24, 2.45) is 0 Å². The molecule has 0 bridgehead atoms. The van der Waals surface area contributed by atoms with Crippen LogP contribution in [-0.4, -0.2) is 28.6 Å². The van der Waals surface area contributed by atoms with Crippen LogP contribution in [0.2, 0.25) is 0 Å². The number of benzene rings is 2. The Balaban J connectivity index is 1.48. The Morgan fingerprint density at radius 3 is 2.58 bits per heavy atom. The summed E-state index contributed by atoms with van der Waals surface area (Å²) in [7, 11) is 0. The van der Waals surface area contributed by atoms with Gasteiger partial charge in [0.15, 0.2) is 0 Å². The fraction of sp³-hybridized carbons (Fsp3) is 0.500. The Bertz CT molecular complexity index is 992. The molecule has 0 atom stereocenters. The fourth-order valence-electron chi connectivity index (χ4n) is 4.06. The fourth-order valence-corrected chi connectivity index (χ4v) is 4.06. The second kappa shape index (κ2) is 13.0. The van der Waals surface area contributed by atoms with E-state index in [1.807, 2.05) is 13.0 Å². The zero-order valence-corrected chi connectivity index (χ0v) is 20.5. The lowest BCUT2D eigenvalue weighted by atomic mass is 10.0. The van der Waals surface area contributed by atoms with Gasteiger partial charge < -0.3 is 14.6 Å². The van der Waals surface area contributed by atoms with Gasteiger partial charge in [0.1, 0.15) is 11.6 Å². The lowest BCUT2D eigenvalue weighted by Gasteiger charge is -2.11. The van der Waals surface area contributed by atoms with Crippen LogP contribution in [0.5, 0.6) is 5.75 Å². The van der Waals surface area contributed by atoms with Gasteiger partial charge in [-0.1, -0.05) is 51.5 Å². The number of aryl methyl sites for hydroxylation is 2. The van der Waals surface area contributed by atoms with Crippen LogP contribution in [0.3, 0.4) is 0 Å². The third-order valence-corrected chi connectivity index (χ3v) is 5.95. The SMILES string of the molecule is CCCC(=O)NCCCCCc1nc2ccccc2n1CCCOc1ccc(C(C)C)cc1. The lowest BCUT2D eigenvalue weighted by molar-refractivity contribution is -0.121. The standard InChI is InChI=1S/C28H39N3O2/c1-4-11-28(32)29-19-9-5-6-14-27-30-25-12-7-8-13-26(25)31(27)20-10-21-33-24-17-15-23(16-18-24)22(2)3/h7-8,12-13,15-18,22H,4-6,9-11,14,19-21H2,1-3H3,(H,29,32). The van der Waals surface area contributed by atoms with Crippen LogP contribution in [0, 0.1) is 0 Å². The Labute approximate surface area is 198 Å². The molecule has 0 spiro atoms. The summed E-state index contributed by atoms with van der Waals surface area (Å²) in [4.78, 5) is 16.5. The largest absolute Gasteiger partial charge is 0.494 e. The molecule has 0 unspecified atom stereocenters. The number of amides is 1. The number of hydrogen-bond donors (Lipinski definition) is 1. The van der Waals surface area contributed by atoms with E-state index in [9.17, 15) is 4.79 Å². The first-order valence-corrected chi connectivity index (χ1v) is 12.5. The van der Waals surface area contributed by atoms with E-state index in [0.717, 1.165) is 68.7 Å². The molecular weight excluding hydrogens is 410 g/mol. The first kappa shape index (κ1) is 24.8. The summed E-state index contributed by atoms with van der Waals surface area (Å²) in [5.41, 5.74) is 3.59. The normalized spacial score (nSPS) is 11.3. The number of ether oxygens (including phenoxy) is 1. The number of carbonyl (C=O) groups excluding carboxylic acids is 1. The van der Waals surface area contributed by atoms with Crippen LogP contribution in [-0.2, 0) is 17.8 Å². The number of rotatable bonds is 14. The van der Waals surface area contributed by atoms with Gasteiger partial charge in [0.05, 0.1) is 17.6 Å². The monoisotopic (exact) mass is 449 g/mol. The van der Waals surface area contributed by atoms with Crippen LogP contribution in [0.15, 0.2) is 48.5 Å². The van der Waals surface area contributed by atoms with Crippen molar-refractivity contribution in [1.29, 1.82) is 0 Å². The maximum absolute atomic E-state index is 11.6. The minimum atomic E-state index is 0.164. The molecule has 0 aliphatic rings. The van der Waals surface area contributed by atoms with Gasteiger partial charge >= 0.3 is 0 Å². The maximum Gasteiger partial charge on any atom is 0.219 e. The Kier molecular flexibility index (Phi) is 9.79. The Morgan fingerprint density at radius 1 is 1.03 bits per heavy atom. The number of unbranched alkanes of at least 4 members (excludes halogenated alkanes) is 2. The molecule has 1 N–H and O–H groups in total. The van der Waals surface area contributed by atoms with Crippen LogP contribution in [0.1, 0.15) is 76.6 Å². The van der Waals surface area contributed by atoms with Crippen molar-refractivity contribution in [3.63, 3.8) is 0 Å². The van der Waals surface area contributed by atoms with Crippen molar-refractivity contribution >= 4 is 16.9 Å². The topological polar surface area (TPSA) is 56.2 Å². The van der Waals surface area contributed by atoms with Gasteiger partial charge in [0, 0.05) is 25.9 Å². The lowest BCUT2D eigenvalue weighted by Crippen LogP contribution is -2.23. The van der Waals surface area contributed by atoms with Gasteiger partial charge in [0.25, 0.3) is 0 Å². The summed E-state index contributed by atoms with van der Waals surface area (Å²) in [5, 5.41) is 3.00. The van der Waals surface area contributed by atoms with E-state index in [2.05, 4.69) is 66.2 Å². The predicted molar refractivity (Wildman–Crippen MR) is 136 cm³/mol. The van der Waals surface area contributed by atoms with Crippen molar-refractivity contribution in [1.82, 2.24) is 14.9 Å². The molecule has 3 rings (SSSR count). The summed E-state index contributed by atoms with van der Waals surface area (Å²) < 4.78 is 8.34. The number of hydrogen-bond acceptors (Lipinski definition) is 3. The van der Waals surface area contributed by atoms with Crippen LogP contribution >= 0.6 is 0 Å². The van der Waals surface area contributed by atoms with E-state index >= 15 is 0 Å². The molecule has 178 valence electrons. The number of carbonyl (C=O) groups is 1. The maximum atomic E-state index is 11.6. The highest BCUT2D eigenvalue weighted by atomic mass is 16.5. The van der Waals surface area contributed by atoms with Crippen molar-refractivity contribution in [3.05, 3.63) is 59.9 Å². The molecule has 1 heterocycles. The summed E-state index contributed by atoms with van der Waals surface area (Å²) in [5.74, 6) is 2.78. The molecule has 5 heteroatoms. The summed E-state index contributed by atoms with van der Waals surface area (Å²) in [6.07, 6.45) is 6.59. The third-order valence-electron chi connectivity index (χ3n) is 5.95. The van der Waals surface area contributed by atoms with Gasteiger partial charge in [-0.25, -0.2) is 4.98 Å². The molecule has 33 heavy (non-hydrogen) atoms. The zero-order chi connectivity index (χ0) is 23.5. The van der Waals surface area contributed by atoms with Crippen molar-refractivity contribution in [2.75, 3.05) is 13.2 Å². The van der Waals surface area contributed by atoms with Gasteiger partial charge in [0.2, 0.25) is 5.91 Å². The molecule has 1 aromatic heterocycles. The summed E-state index contributed by atoms with van der Waals surface area (Å²) >= 11 is 0. The first-order valence-electron chi connectivity index (χ1n) is 12.5. The van der Waals surface area contributed by atoms with E-state index < -0.39 is 0 Å². The van der Waals surface area contributed by atoms with Gasteiger partial charge in [-0.15, -0.1) is 0 Å². The minimum absolute atomic E-state index is 0.164. The number of nitrogens with zero attached hydrogens (tertiary/aromatic N) is 2. The highest BCUT2D eigenvalue weighted by Gasteiger charge is 2.10. The highest BCUT2D eigenvalue weighted by molar-refractivity contribution is 5.76. The molecule has 0 saturated heterocycles. The van der Waals surface area contributed by atoms with Crippen molar-refractivity contribution < 1.29 is 9.53 Å². The average Bonchev–Trinajstić information content (AvgIpc) is 3.17. The minimum Gasteiger partial charge on any atom is -0.494 e. The second-order valence-electron chi connectivity index (χ2n) is 9.00. The molecule has 2 aromatic carbocycles. The van der Waals surface area contributed by atoms with Crippen LogP contribution < -0.4 is 10.1 Å². The zero-order valence-electron chi connectivity index (χ0n) is 20.5. The predicted octanol–water partition coefficient (Wildman–Crippen LogP) is 6.26. The van der Waals surface area contributed by atoms with Crippen molar-refractivity contribution in [3.8, 4) is 5.75 Å². The van der Waals surface area contributed by atoms with E-state index in [-0.39, 0.29) is 5.91 Å². The molecule has 0 aliphatic heterocycles. The quantitative estimate of drug-likeness (QED) is 0.296. The van der Waals surface area contributed by atoms with Crippen LogP contribution in [0.25, 0.3) is 11.0 Å². The first-order chi connectivity index (χ1) is 16.1. The van der Waals surface area contributed by atoms with Crippen LogP contribution in [0.4, 0.5) is 0 Å². The van der Waals surface area contributed by atoms with Crippen molar-refractivity contribution in [2.45, 2.75) is 78.2 Å². The van der Waals surface area contributed by atoms with Gasteiger partial charge in [-0.05, 0) is 61.4 Å². The molecule has 3 aromatic rings. The molecule has 1 amide bonds. The van der Waals surface area contributed by atoms with E-state index in [1.165, 1.54) is 11.1 Å². The van der Waals surface area contributed by atoms with E-state index in [1.54, 1.807) is 0 Å². The molecule has 0 aliphatic carbocycles. The molecule has 0 fully saturated rings. The van der Waals surface area contributed by atoms with Gasteiger partial charge in [-0.3, -0.25) is 4.79 Å². The molecule has 0 saturated carbocycles. The number of para-hydroxylation sites is 2.